The Morgan fingerprint density at radius 1 is 1.28 bits per heavy atom. The van der Waals surface area contributed by atoms with E-state index in [1.807, 2.05) is 0 Å². The molecule has 0 spiro atoms. The van der Waals surface area contributed by atoms with Crippen molar-refractivity contribution in [2.45, 2.75) is 0 Å². The topological polar surface area (TPSA) is 116 Å². The molecule has 8 nitrogen and oxygen atoms in total. The molecular formula is C15H10ClN5O3S. The molecule has 0 aliphatic carbocycles. The summed E-state index contributed by atoms with van der Waals surface area (Å²) in [7, 11) is 0. The number of aromatic amines is 1. The Kier molecular flexibility index (Phi) is 4.59. The zero-order valence-corrected chi connectivity index (χ0v) is 14.0. The maximum absolute atomic E-state index is 10.9. The van der Waals surface area contributed by atoms with Crippen LogP contribution >= 0.6 is 23.8 Å². The molecule has 0 aliphatic rings. The van der Waals surface area contributed by atoms with Gasteiger partial charge in [-0.3, -0.25) is 10.1 Å². The smallest absolute Gasteiger partial charge is 0.270 e. The van der Waals surface area contributed by atoms with E-state index in [-0.39, 0.29) is 22.4 Å². The average molecular weight is 376 g/mol. The number of nitro groups is 1. The zero-order chi connectivity index (χ0) is 18.0. The summed E-state index contributed by atoms with van der Waals surface area (Å²) in [5.74, 6) is -0.256. The van der Waals surface area contributed by atoms with Crippen molar-refractivity contribution in [2.75, 3.05) is 5.32 Å². The number of rotatable bonds is 3. The predicted molar refractivity (Wildman–Crippen MR) is 98.8 cm³/mol. The second-order valence-electron chi connectivity index (χ2n) is 4.95. The molecule has 2 aromatic carbocycles. The summed E-state index contributed by atoms with van der Waals surface area (Å²) >= 11 is 10.9. The highest BCUT2D eigenvalue weighted by atomic mass is 35.5. The first-order valence-electron chi connectivity index (χ1n) is 6.91. The van der Waals surface area contributed by atoms with E-state index in [0.717, 1.165) is 0 Å². The van der Waals surface area contributed by atoms with E-state index in [4.69, 9.17) is 23.8 Å². The standard InChI is InChI=1S/C15H10ClN5O3S/c16-8-1-3-9(4-2-8)17-15(25)20-19-13-11-7-10(21(23)24)5-6-12(11)18-14(13)22/h1-7,18,22H,(H,17,25). The molecule has 0 unspecified atom stereocenters. The number of fused-ring (bicyclic) bond motifs is 1. The lowest BCUT2D eigenvalue weighted by atomic mass is 10.2. The van der Waals surface area contributed by atoms with Crippen molar-refractivity contribution in [3.8, 4) is 5.88 Å². The van der Waals surface area contributed by atoms with Crippen molar-refractivity contribution in [3.05, 3.63) is 57.6 Å². The van der Waals surface area contributed by atoms with Gasteiger partial charge in [-0.05, 0) is 42.5 Å². The lowest BCUT2D eigenvalue weighted by molar-refractivity contribution is -0.384. The number of benzene rings is 2. The van der Waals surface area contributed by atoms with Crippen LogP contribution in [0, 0.1) is 10.1 Å². The fourth-order valence-corrected chi connectivity index (χ4v) is 2.43. The third-order valence-electron chi connectivity index (χ3n) is 3.28. The second kappa shape index (κ2) is 6.83. The quantitative estimate of drug-likeness (QED) is 0.260. The van der Waals surface area contributed by atoms with E-state index < -0.39 is 4.92 Å². The van der Waals surface area contributed by atoms with E-state index in [0.29, 0.717) is 21.6 Å². The minimum Gasteiger partial charge on any atom is -0.493 e. The average Bonchev–Trinajstić information content (AvgIpc) is 2.89. The first-order valence-corrected chi connectivity index (χ1v) is 7.70. The third kappa shape index (κ3) is 3.73. The Balaban J connectivity index is 1.86. The minimum absolute atomic E-state index is 0.0569. The molecule has 0 bridgehead atoms. The lowest BCUT2D eigenvalue weighted by Crippen LogP contribution is -2.04. The molecule has 0 atom stereocenters. The Hall–Kier alpha value is -3.04. The highest BCUT2D eigenvalue weighted by Crippen LogP contribution is 2.37. The monoisotopic (exact) mass is 375 g/mol. The van der Waals surface area contributed by atoms with Gasteiger partial charge in [0.05, 0.1) is 10.4 Å². The number of hydrogen-bond donors (Lipinski definition) is 3. The maximum atomic E-state index is 10.9. The summed E-state index contributed by atoms with van der Waals surface area (Å²) in [6.07, 6.45) is 0. The largest absolute Gasteiger partial charge is 0.493 e. The van der Waals surface area contributed by atoms with Crippen molar-refractivity contribution in [1.29, 1.82) is 0 Å². The Labute approximate surface area is 151 Å². The number of nitro benzene ring substituents is 1. The first kappa shape index (κ1) is 16.8. The molecule has 1 heterocycles. The molecule has 3 rings (SSSR count). The molecule has 0 fully saturated rings. The van der Waals surface area contributed by atoms with Crippen LogP contribution < -0.4 is 5.32 Å². The molecule has 10 heteroatoms. The molecule has 0 amide bonds. The van der Waals surface area contributed by atoms with Crippen LogP contribution in [0.25, 0.3) is 10.9 Å². The van der Waals surface area contributed by atoms with Crippen molar-refractivity contribution in [3.63, 3.8) is 0 Å². The Morgan fingerprint density at radius 3 is 2.68 bits per heavy atom. The second-order valence-corrected chi connectivity index (χ2v) is 5.77. The number of H-pyrrole nitrogens is 1. The molecule has 3 aromatic rings. The summed E-state index contributed by atoms with van der Waals surface area (Å²) in [4.78, 5) is 13.0. The fourth-order valence-electron chi connectivity index (χ4n) is 2.14. The molecule has 3 N–H and O–H groups in total. The number of halogens is 1. The SMILES string of the molecule is O=[N+]([O-])c1ccc2[nH]c(O)c(N=NC(=S)Nc3ccc(Cl)cc3)c2c1. The van der Waals surface area contributed by atoms with Gasteiger partial charge in [0.15, 0.2) is 5.69 Å². The molecule has 0 saturated heterocycles. The van der Waals surface area contributed by atoms with Gasteiger partial charge in [-0.25, -0.2) is 0 Å². The van der Waals surface area contributed by atoms with Gasteiger partial charge in [-0.1, -0.05) is 11.6 Å². The summed E-state index contributed by atoms with van der Waals surface area (Å²) in [6, 6.07) is 10.9. The fraction of sp³-hybridized carbons (Fsp3) is 0. The van der Waals surface area contributed by atoms with E-state index in [9.17, 15) is 15.2 Å². The molecule has 0 aliphatic heterocycles. The van der Waals surface area contributed by atoms with Crippen molar-refractivity contribution < 1.29 is 10.0 Å². The van der Waals surface area contributed by atoms with Crippen LogP contribution in [0.4, 0.5) is 17.1 Å². The number of aromatic hydroxyl groups is 1. The molecule has 25 heavy (non-hydrogen) atoms. The van der Waals surface area contributed by atoms with Gasteiger partial charge in [0.25, 0.3) is 5.69 Å². The molecular weight excluding hydrogens is 366 g/mol. The van der Waals surface area contributed by atoms with Gasteiger partial charge in [-0.2, -0.15) is 0 Å². The number of aromatic nitrogens is 1. The predicted octanol–water partition coefficient (Wildman–Crippen LogP) is 4.92. The number of azo groups is 1. The Bertz CT molecular complexity index is 1000. The van der Waals surface area contributed by atoms with Crippen molar-refractivity contribution >= 4 is 56.9 Å². The van der Waals surface area contributed by atoms with Crippen LogP contribution in [-0.4, -0.2) is 20.1 Å². The lowest BCUT2D eigenvalue weighted by Gasteiger charge is -2.02. The molecule has 1 aromatic heterocycles. The number of nitrogens with one attached hydrogen (secondary N) is 2. The summed E-state index contributed by atoms with van der Waals surface area (Å²) in [6.45, 7) is 0. The van der Waals surface area contributed by atoms with E-state index in [1.54, 1.807) is 24.3 Å². The van der Waals surface area contributed by atoms with Crippen LogP contribution in [-0.2, 0) is 0 Å². The van der Waals surface area contributed by atoms with Gasteiger partial charge in [-0.15, -0.1) is 10.2 Å². The van der Waals surface area contributed by atoms with Gasteiger partial charge >= 0.3 is 0 Å². The van der Waals surface area contributed by atoms with Gasteiger partial charge in [0.2, 0.25) is 11.0 Å². The number of thiocarbonyl (C=S) groups is 1. The highest BCUT2D eigenvalue weighted by molar-refractivity contribution is 7.80. The number of non-ortho nitro benzene ring substituents is 1. The van der Waals surface area contributed by atoms with Crippen LogP contribution in [0.15, 0.2) is 52.7 Å². The summed E-state index contributed by atoms with van der Waals surface area (Å²) in [5.41, 5.74) is 1.12. The normalized spacial score (nSPS) is 11.1. The zero-order valence-electron chi connectivity index (χ0n) is 12.4. The van der Waals surface area contributed by atoms with Gasteiger partial charge in [0, 0.05) is 28.2 Å². The van der Waals surface area contributed by atoms with Crippen molar-refractivity contribution in [2.24, 2.45) is 10.2 Å². The number of nitrogens with zero attached hydrogens (tertiary/aromatic N) is 3. The molecule has 0 radical (unpaired) electrons. The minimum atomic E-state index is -0.531. The third-order valence-corrected chi connectivity index (χ3v) is 3.72. The highest BCUT2D eigenvalue weighted by Gasteiger charge is 2.15. The van der Waals surface area contributed by atoms with Crippen LogP contribution in [0.1, 0.15) is 0 Å². The van der Waals surface area contributed by atoms with Gasteiger partial charge < -0.3 is 15.4 Å². The van der Waals surface area contributed by atoms with E-state index in [2.05, 4.69) is 20.5 Å². The van der Waals surface area contributed by atoms with Crippen LogP contribution in [0.3, 0.4) is 0 Å². The Morgan fingerprint density at radius 2 is 2.00 bits per heavy atom. The van der Waals surface area contributed by atoms with Crippen molar-refractivity contribution in [1.82, 2.24) is 4.98 Å². The summed E-state index contributed by atoms with van der Waals surface area (Å²) < 4.78 is 0. The van der Waals surface area contributed by atoms with E-state index >= 15 is 0 Å². The number of anilines is 1. The van der Waals surface area contributed by atoms with Crippen LogP contribution in [0.5, 0.6) is 5.88 Å². The van der Waals surface area contributed by atoms with E-state index in [1.165, 1.54) is 18.2 Å². The van der Waals surface area contributed by atoms with Crippen LogP contribution in [0.2, 0.25) is 5.02 Å². The maximum Gasteiger partial charge on any atom is 0.270 e. The van der Waals surface area contributed by atoms with Gasteiger partial charge in [0.1, 0.15) is 0 Å². The first-order chi connectivity index (χ1) is 11.9. The summed E-state index contributed by atoms with van der Waals surface area (Å²) in [5, 5.41) is 32.4. The number of hydrogen-bond acceptors (Lipinski definition) is 5. The molecule has 0 saturated carbocycles. The molecule has 126 valence electrons.